The van der Waals surface area contributed by atoms with E-state index in [1.165, 1.54) is 0 Å². The van der Waals surface area contributed by atoms with Crippen LogP contribution in [0.1, 0.15) is 15.9 Å². The van der Waals surface area contributed by atoms with E-state index in [2.05, 4.69) is 16.0 Å². The maximum Gasteiger partial charge on any atom is 0.338 e. The van der Waals surface area contributed by atoms with Crippen LogP contribution in [0.25, 0.3) is 0 Å². The maximum atomic E-state index is 12.2. The molecule has 3 aromatic rings. The van der Waals surface area contributed by atoms with Crippen LogP contribution in [-0.4, -0.2) is 23.6 Å². The smallest absolute Gasteiger partial charge is 0.338 e. The summed E-state index contributed by atoms with van der Waals surface area (Å²) in [5.74, 6) is -0.972. The number of benzene rings is 3. The van der Waals surface area contributed by atoms with Crippen LogP contribution < -0.4 is 16.0 Å². The van der Waals surface area contributed by atoms with Crippen LogP contribution in [0, 0.1) is 6.92 Å². The summed E-state index contributed by atoms with van der Waals surface area (Å²) in [6.07, 6.45) is 0. The molecule has 0 bridgehead atoms. The fraction of sp³-hybridized carbons (Fsp3) is 0.0870. The number of amides is 1. The average Bonchev–Trinajstić information content (AvgIpc) is 2.75. The molecule has 0 fully saturated rings. The van der Waals surface area contributed by atoms with Gasteiger partial charge in [0.25, 0.3) is 5.91 Å². The number of thiocarbonyl (C=S) groups is 1. The molecule has 3 N–H and O–H groups in total. The number of carbonyl (C=O) groups is 2. The lowest BCUT2D eigenvalue weighted by Crippen LogP contribution is -2.21. The molecular weight excluding hydrogens is 398 g/mol. The van der Waals surface area contributed by atoms with Gasteiger partial charge >= 0.3 is 5.97 Å². The fourth-order valence-corrected chi connectivity index (χ4v) is 2.85. The van der Waals surface area contributed by atoms with Crippen LogP contribution >= 0.6 is 12.2 Å². The summed E-state index contributed by atoms with van der Waals surface area (Å²) in [7, 11) is 0. The van der Waals surface area contributed by atoms with Gasteiger partial charge in [0.1, 0.15) is 0 Å². The van der Waals surface area contributed by atoms with Crippen molar-refractivity contribution in [3.8, 4) is 0 Å². The standard InChI is InChI=1S/C23H21N3O3S/c1-16-7-5-6-10-20(16)26-21(27)15-29-22(28)17-11-13-19(14-12-17)25-23(30)24-18-8-3-2-4-9-18/h2-14H,15H2,1H3,(H,26,27)(H2,24,25,30). The van der Waals surface area contributed by atoms with Gasteiger partial charge in [-0.25, -0.2) is 4.79 Å². The molecule has 7 heteroatoms. The van der Waals surface area contributed by atoms with Crippen molar-refractivity contribution in [3.05, 3.63) is 90.0 Å². The lowest BCUT2D eigenvalue weighted by molar-refractivity contribution is -0.119. The van der Waals surface area contributed by atoms with Gasteiger partial charge in [0.15, 0.2) is 11.7 Å². The number of ether oxygens (including phenoxy) is 1. The molecule has 0 atom stereocenters. The Kier molecular flexibility index (Phi) is 7.13. The van der Waals surface area contributed by atoms with E-state index in [1.807, 2.05) is 55.5 Å². The number of aryl methyl sites for hydroxylation is 1. The van der Waals surface area contributed by atoms with Gasteiger partial charge in [-0.15, -0.1) is 0 Å². The van der Waals surface area contributed by atoms with Crippen molar-refractivity contribution < 1.29 is 14.3 Å². The molecule has 0 saturated carbocycles. The van der Waals surface area contributed by atoms with Crippen molar-refractivity contribution in [3.63, 3.8) is 0 Å². The van der Waals surface area contributed by atoms with E-state index in [1.54, 1.807) is 30.3 Å². The first kappa shape index (κ1) is 21.0. The lowest BCUT2D eigenvalue weighted by Gasteiger charge is -2.11. The van der Waals surface area contributed by atoms with E-state index in [-0.39, 0.29) is 6.61 Å². The molecule has 0 saturated heterocycles. The molecule has 152 valence electrons. The Hall–Kier alpha value is -3.71. The number of hydrogen-bond acceptors (Lipinski definition) is 4. The Morgan fingerprint density at radius 1 is 0.800 bits per heavy atom. The van der Waals surface area contributed by atoms with Gasteiger partial charge in [-0.05, 0) is 67.2 Å². The third kappa shape index (κ3) is 6.15. The molecular formula is C23H21N3O3S. The lowest BCUT2D eigenvalue weighted by atomic mass is 10.2. The highest BCUT2D eigenvalue weighted by atomic mass is 32.1. The summed E-state index contributed by atoms with van der Waals surface area (Å²) in [5.41, 5.74) is 3.55. The maximum absolute atomic E-state index is 12.2. The minimum absolute atomic E-state index is 0.339. The Labute approximate surface area is 180 Å². The normalized spacial score (nSPS) is 10.0. The van der Waals surface area contributed by atoms with E-state index >= 15 is 0 Å². The van der Waals surface area contributed by atoms with Crippen LogP contribution in [0.3, 0.4) is 0 Å². The summed E-state index contributed by atoms with van der Waals surface area (Å²) < 4.78 is 5.09. The first-order valence-electron chi connectivity index (χ1n) is 9.27. The van der Waals surface area contributed by atoms with E-state index < -0.39 is 11.9 Å². The predicted octanol–water partition coefficient (Wildman–Crippen LogP) is 4.60. The SMILES string of the molecule is Cc1ccccc1NC(=O)COC(=O)c1ccc(NC(=S)Nc2ccccc2)cc1. The van der Waals surface area contributed by atoms with Gasteiger partial charge < -0.3 is 20.7 Å². The highest BCUT2D eigenvalue weighted by molar-refractivity contribution is 7.80. The largest absolute Gasteiger partial charge is 0.452 e. The monoisotopic (exact) mass is 419 g/mol. The Balaban J connectivity index is 1.48. The molecule has 3 rings (SSSR count). The number of anilines is 3. The van der Waals surface area contributed by atoms with Gasteiger partial charge in [-0.1, -0.05) is 36.4 Å². The molecule has 30 heavy (non-hydrogen) atoms. The summed E-state index contributed by atoms with van der Waals surface area (Å²) >= 11 is 5.28. The molecule has 0 aliphatic heterocycles. The molecule has 6 nitrogen and oxygen atoms in total. The van der Waals surface area contributed by atoms with E-state index in [9.17, 15) is 9.59 Å². The van der Waals surface area contributed by atoms with Crippen LogP contribution in [0.15, 0.2) is 78.9 Å². The third-order valence-corrected chi connectivity index (χ3v) is 4.37. The zero-order valence-corrected chi connectivity index (χ0v) is 17.2. The Morgan fingerprint density at radius 2 is 1.40 bits per heavy atom. The summed E-state index contributed by atoms with van der Waals surface area (Å²) in [6, 6.07) is 23.6. The molecule has 0 heterocycles. The number of hydrogen-bond donors (Lipinski definition) is 3. The summed E-state index contributed by atoms with van der Waals surface area (Å²) in [5, 5.41) is 9.27. The molecule has 0 aromatic heterocycles. The van der Waals surface area contributed by atoms with Crippen molar-refractivity contribution in [2.24, 2.45) is 0 Å². The molecule has 0 aliphatic carbocycles. The Bertz CT molecular complexity index is 1040. The fourth-order valence-electron chi connectivity index (χ4n) is 2.62. The highest BCUT2D eigenvalue weighted by Crippen LogP contribution is 2.14. The summed E-state index contributed by atoms with van der Waals surface area (Å²) in [4.78, 5) is 24.2. The molecule has 0 spiro atoms. The number of rotatable bonds is 6. The molecule has 1 amide bonds. The quantitative estimate of drug-likeness (QED) is 0.400. The zero-order valence-electron chi connectivity index (χ0n) is 16.3. The second kappa shape index (κ2) is 10.2. The molecule has 0 aliphatic rings. The minimum atomic E-state index is -0.577. The second-order valence-corrected chi connectivity index (χ2v) is 6.87. The van der Waals surface area contributed by atoms with Gasteiger partial charge in [0, 0.05) is 17.1 Å². The van der Waals surface area contributed by atoms with Gasteiger partial charge in [-0.2, -0.15) is 0 Å². The second-order valence-electron chi connectivity index (χ2n) is 6.46. The van der Waals surface area contributed by atoms with Crippen molar-refractivity contribution >= 4 is 46.3 Å². The first-order chi connectivity index (χ1) is 14.5. The predicted molar refractivity (Wildman–Crippen MR) is 123 cm³/mol. The van der Waals surface area contributed by atoms with Gasteiger partial charge in [-0.3, -0.25) is 4.79 Å². The van der Waals surface area contributed by atoms with Crippen molar-refractivity contribution in [1.29, 1.82) is 0 Å². The van der Waals surface area contributed by atoms with Gasteiger partial charge in [0.2, 0.25) is 0 Å². The molecule has 0 radical (unpaired) electrons. The van der Waals surface area contributed by atoms with E-state index in [4.69, 9.17) is 17.0 Å². The van der Waals surface area contributed by atoms with Crippen LogP contribution in [0.5, 0.6) is 0 Å². The highest BCUT2D eigenvalue weighted by Gasteiger charge is 2.11. The van der Waals surface area contributed by atoms with E-state index in [0.29, 0.717) is 16.4 Å². The van der Waals surface area contributed by atoms with Crippen LogP contribution in [-0.2, 0) is 9.53 Å². The summed E-state index contributed by atoms with van der Waals surface area (Å²) in [6.45, 7) is 1.52. The molecule has 0 unspecified atom stereocenters. The number of carbonyl (C=O) groups excluding carboxylic acids is 2. The number of para-hydroxylation sites is 2. The first-order valence-corrected chi connectivity index (χ1v) is 9.68. The number of nitrogens with one attached hydrogen (secondary N) is 3. The van der Waals surface area contributed by atoms with Gasteiger partial charge in [0.05, 0.1) is 5.56 Å². The minimum Gasteiger partial charge on any atom is -0.452 e. The third-order valence-electron chi connectivity index (χ3n) is 4.16. The van der Waals surface area contributed by atoms with Crippen LogP contribution in [0.4, 0.5) is 17.1 Å². The number of esters is 1. The average molecular weight is 420 g/mol. The molecule has 3 aromatic carbocycles. The van der Waals surface area contributed by atoms with Crippen molar-refractivity contribution in [1.82, 2.24) is 0 Å². The topological polar surface area (TPSA) is 79.5 Å². The van der Waals surface area contributed by atoms with Crippen LogP contribution in [0.2, 0.25) is 0 Å². The Morgan fingerprint density at radius 3 is 2.07 bits per heavy atom. The van der Waals surface area contributed by atoms with Crippen molar-refractivity contribution in [2.75, 3.05) is 22.6 Å². The van der Waals surface area contributed by atoms with E-state index in [0.717, 1.165) is 16.9 Å². The van der Waals surface area contributed by atoms with Crippen molar-refractivity contribution in [2.45, 2.75) is 6.92 Å². The zero-order chi connectivity index (χ0) is 21.3.